The second-order valence-corrected chi connectivity index (χ2v) is 24.7. The molecule has 0 aromatic carbocycles. The fraction of sp³-hybridized carbons (Fsp3) is 0.929. The molecule has 0 aromatic rings. The summed E-state index contributed by atoms with van der Waals surface area (Å²) in [7, 11) is -9.86. The van der Waals surface area contributed by atoms with Crippen LogP contribution in [-0.4, -0.2) is 96.7 Å². The van der Waals surface area contributed by atoms with Crippen LogP contribution in [0.2, 0.25) is 0 Å². The van der Waals surface area contributed by atoms with Crippen molar-refractivity contribution < 1.29 is 80.2 Å². The van der Waals surface area contributed by atoms with Crippen LogP contribution in [0.25, 0.3) is 0 Å². The Morgan fingerprint density at radius 2 is 0.613 bits per heavy atom. The molecule has 19 heteroatoms. The third-order valence-corrected chi connectivity index (χ3v) is 14.5. The van der Waals surface area contributed by atoms with Crippen LogP contribution in [-0.2, 0) is 65.4 Å². The Hall–Kier alpha value is -1.94. The van der Waals surface area contributed by atoms with E-state index in [4.69, 9.17) is 37.0 Å². The van der Waals surface area contributed by atoms with E-state index in [1.807, 2.05) is 0 Å². The molecule has 0 rings (SSSR count). The molecule has 0 fully saturated rings. The number of phosphoric acid groups is 2. The summed E-state index contributed by atoms with van der Waals surface area (Å²) in [6.07, 6.45) is 25.9. The monoisotopic (exact) mass is 1110 g/mol. The van der Waals surface area contributed by atoms with Gasteiger partial charge in [-0.05, 0) is 43.4 Å². The Balaban J connectivity index is 5.20. The molecule has 444 valence electrons. The fourth-order valence-electron chi connectivity index (χ4n) is 8.07. The van der Waals surface area contributed by atoms with Gasteiger partial charge in [-0.25, -0.2) is 9.13 Å². The van der Waals surface area contributed by atoms with Crippen molar-refractivity contribution >= 4 is 39.5 Å². The number of ether oxygens (including phenoxy) is 4. The van der Waals surface area contributed by atoms with Crippen LogP contribution in [0, 0.1) is 17.8 Å². The van der Waals surface area contributed by atoms with Gasteiger partial charge in [0.05, 0.1) is 26.4 Å². The standard InChI is InChI=1S/C56H108O17P2/c1-8-9-10-20-30-37-53(58)66-43-51(73-56(61)40-33-26-19-18-23-29-36-49(6)7)45-70-74(62,63)68-41-50(57)42-69-75(64,65)71-46-52(44-67-54(59)38-31-24-17-13-15-22-28-35-48(4)5)72-55(60)39-32-25-16-12-11-14-21-27-34-47(2)3/h47-52,57H,8-46H2,1-7H3,(H,62,63)(H,64,65)/t50-,51+,52+/m0/s1. The van der Waals surface area contributed by atoms with Crippen molar-refractivity contribution in [1.29, 1.82) is 0 Å². The van der Waals surface area contributed by atoms with Crippen molar-refractivity contribution in [3.63, 3.8) is 0 Å². The van der Waals surface area contributed by atoms with E-state index >= 15 is 0 Å². The largest absolute Gasteiger partial charge is 0.472 e. The van der Waals surface area contributed by atoms with E-state index < -0.39 is 97.5 Å². The second kappa shape index (κ2) is 48.0. The van der Waals surface area contributed by atoms with Crippen LogP contribution in [0.5, 0.6) is 0 Å². The highest BCUT2D eigenvalue weighted by Crippen LogP contribution is 2.45. The topological polar surface area (TPSA) is 237 Å². The minimum absolute atomic E-state index is 0.100. The van der Waals surface area contributed by atoms with Gasteiger partial charge in [-0.1, -0.05) is 209 Å². The molecule has 0 heterocycles. The number of carbonyl (C=O) groups is 4. The minimum Gasteiger partial charge on any atom is -0.462 e. The summed E-state index contributed by atoms with van der Waals surface area (Å²) in [6, 6.07) is 0. The predicted octanol–water partition coefficient (Wildman–Crippen LogP) is 14.4. The Bertz CT molecular complexity index is 1510. The van der Waals surface area contributed by atoms with Gasteiger partial charge in [0.2, 0.25) is 0 Å². The van der Waals surface area contributed by atoms with Gasteiger partial charge in [0.25, 0.3) is 0 Å². The maximum absolute atomic E-state index is 12.9. The molecule has 0 spiro atoms. The smallest absolute Gasteiger partial charge is 0.462 e. The number of phosphoric ester groups is 2. The van der Waals surface area contributed by atoms with Gasteiger partial charge in [-0.15, -0.1) is 0 Å². The van der Waals surface area contributed by atoms with E-state index in [9.17, 15) is 43.2 Å². The van der Waals surface area contributed by atoms with Crippen LogP contribution in [0.4, 0.5) is 0 Å². The molecule has 75 heavy (non-hydrogen) atoms. The number of hydrogen-bond acceptors (Lipinski definition) is 15. The zero-order chi connectivity index (χ0) is 56.0. The average molecular weight is 1120 g/mol. The molecule has 0 bridgehead atoms. The zero-order valence-corrected chi connectivity index (χ0v) is 49.8. The predicted molar refractivity (Wildman–Crippen MR) is 294 cm³/mol. The van der Waals surface area contributed by atoms with Crippen molar-refractivity contribution in [2.75, 3.05) is 39.6 Å². The Labute approximate surface area is 454 Å². The van der Waals surface area contributed by atoms with Gasteiger partial charge in [-0.3, -0.25) is 37.3 Å². The first-order valence-electron chi connectivity index (χ1n) is 29.3. The van der Waals surface area contributed by atoms with Crippen LogP contribution in [0.15, 0.2) is 0 Å². The maximum Gasteiger partial charge on any atom is 0.472 e. The number of carbonyl (C=O) groups excluding carboxylic acids is 4. The zero-order valence-electron chi connectivity index (χ0n) is 48.0. The highest BCUT2D eigenvalue weighted by molar-refractivity contribution is 7.47. The van der Waals surface area contributed by atoms with Gasteiger partial charge in [0, 0.05) is 25.7 Å². The third-order valence-electron chi connectivity index (χ3n) is 12.6. The van der Waals surface area contributed by atoms with E-state index in [2.05, 4.69) is 48.5 Å². The fourth-order valence-corrected chi connectivity index (χ4v) is 9.65. The molecule has 0 aliphatic rings. The van der Waals surface area contributed by atoms with E-state index in [-0.39, 0.29) is 25.7 Å². The number of rotatable bonds is 54. The lowest BCUT2D eigenvalue weighted by molar-refractivity contribution is -0.161. The number of aliphatic hydroxyl groups excluding tert-OH is 1. The van der Waals surface area contributed by atoms with E-state index in [0.29, 0.717) is 37.5 Å². The lowest BCUT2D eigenvalue weighted by Gasteiger charge is -2.21. The van der Waals surface area contributed by atoms with Crippen molar-refractivity contribution in [3.8, 4) is 0 Å². The van der Waals surface area contributed by atoms with Gasteiger partial charge in [0.15, 0.2) is 12.2 Å². The van der Waals surface area contributed by atoms with Crippen molar-refractivity contribution in [2.45, 2.75) is 279 Å². The second-order valence-electron chi connectivity index (χ2n) is 21.8. The first-order chi connectivity index (χ1) is 35.7. The molecule has 0 aromatic heterocycles. The Morgan fingerprint density at radius 3 is 0.907 bits per heavy atom. The lowest BCUT2D eigenvalue weighted by Crippen LogP contribution is -2.30. The molecule has 0 radical (unpaired) electrons. The number of unbranched alkanes of at least 4 members (excludes halogenated alkanes) is 22. The summed E-state index contributed by atoms with van der Waals surface area (Å²) >= 11 is 0. The van der Waals surface area contributed by atoms with Crippen molar-refractivity contribution in [1.82, 2.24) is 0 Å². The van der Waals surface area contributed by atoms with Gasteiger partial charge < -0.3 is 33.8 Å². The maximum atomic E-state index is 12.9. The molecule has 0 saturated carbocycles. The first kappa shape index (κ1) is 73.1. The van der Waals surface area contributed by atoms with Crippen LogP contribution in [0.3, 0.4) is 0 Å². The lowest BCUT2D eigenvalue weighted by atomic mass is 10.0. The number of aliphatic hydroxyl groups is 1. The highest BCUT2D eigenvalue weighted by Gasteiger charge is 2.30. The molecule has 0 saturated heterocycles. The quantitative estimate of drug-likeness (QED) is 0.0222. The SMILES string of the molecule is CCCCCCCC(=O)OC[C@H](COP(=O)(O)OC[C@H](O)COP(=O)(O)OC[C@@H](COC(=O)CCCCCCCCCC(C)C)OC(=O)CCCCCCCCCCC(C)C)OC(=O)CCCCCCCCC(C)C. The molecule has 0 amide bonds. The molecular weight excluding hydrogens is 1010 g/mol. The number of hydrogen-bond donors (Lipinski definition) is 3. The summed E-state index contributed by atoms with van der Waals surface area (Å²) in [5.74, 6) is -0.0709. The molecule has 0 aliphatic heterocycles. The summed E-state index contributed by atoms with van der Waals surface area (Å²) in [4.78, 5) is 71.5. The molecule has 3 N–H and O–H groups in total. The van der Waals surface area contributed by atoms with E-state index in [1.54, 1.807) is 0 Å². The highest BCUT2D eigenvalue weighted by atomic mass is 31.2. The normalized spacial score (nSPS) is 14.6. The third kappa shape index (κ3) is 51.3. The summed E-state index contributed by atoms with van der Waals surface area (Å²) in [5, 5.41) is 10.5. The molecule has 2 unspecified atom stereocenters. The van der Waals surface area contributed by atoms with Crippen molar-refractivity contribution in [2.24, 2.45) is 17.8 Å². The van der Waals surface area contributed by atoms with Crippen LogP contribution < -0.4 is 0 Å². The molecular formula is C56H108O17P2. The Kier molecular flexibility index (Phi) is 46.8. The first-order valence-corrected chi connectivity index (χ1v) is 32.3. The van der Waals surface area contributed by atoms with Gasteiger partial charge in [0.1, 0.15) is 19.3 Å². The van der Waals surface area contributed by atoms with Crippen LogP contribution >= 0.6 is 15.6 Å². The minimum atomic E-state index is -4.93. The summed E-state index contributed by atoms with van der Waals surface area (Å²) in [5.41, 5.74) is 0. The van der Waals surface area contributed by atoms with Crippen molar-refractivity contribution in [3.05, 3.63) is 0 Å². The molecule has 0 aliphatic carbocycles. The summed E-state index contributed by atoms with van der Waals surface area (Å²) in [6.45, 7) is 11.4. The molecule has 5 atom stereocenters. The van der Waals surface area contributed by atoms with Gasteiger partial charge >= 0.3 is 39.5 Å². The average Bonchev–Trinajstić information content (AvgIpc) is 3.34. The Morgan fingerprint density at radius 1 is 0.360 bits per heavy atom. The van der Waals surface area contributed by atoms with Crippen LogP contribution in [0.1, 0.15) is 260 Å². The van der Waals surface area contributed by atoms with E-state index in [0.717, 1.165) is 109 Å². The van der Waals surface area contributed by atoms with Gasteiger partial charge in [-0.2, -0.15) is 0 Å². The van der Waals surface area contributed by atoms with E-state index in [1.165, 1.54) is 57.8 Å². The molecule has 17 nitrogen and oxygen atoms in total. The number of esters is 4. The summed E-state index contributed by atoms with van der Waals surface area (Å²) < 4.78 is 67.4.